The summed E-state index contributed by atoms with van der Waals surface area (Å²) in [6, 6.07) is 7.55. The van der Waals surface area contributed by atoms with E-state index in [1.165, 1.54) is 10.9 Å². The Kier molecular flexibility index (Phi) is 2.53. The van der Waals surface area contributed by atoms with Crippen LogP contribution in [0.2, 0.25) is 0 Å². The van der Waals surface area contributed by atoms with Crippen LogP contribution in [0, 0.1) is 0 Å². The fraction of sp³-hybridized carbons (Fsp3) is 0.200. The van der Waals surface area contributed by atoms with Gasteiger partial charge in [-0.05, 0) is 17.7 Å². The second-order valence-corrected chi connectivity index (χ2v) is 3.14. The third-order valence-electron chi connectivity index (χ3n) is 2.13. The number of methoxy groups -OCH3 is 1. The van der Waals surface area contributed by atoms with Crippen LogP contribution < -0.4 is 10.4 Å². The Morgan fingerprint density at radius 1 is 1.40 bits per heavy atom. The molecule has 2 rings (SSSR count). The number of hydrogen-bond acceptors (Lipinski definition) is 3. The fourth-order valence-corrected chi connectivity index (χ4v) is 1.31. The summed E-state index contributed by atoms with van der Waals surface area (Å²) in [4.78, 5) is 11.2. The van der Waals surface area contributed by atoms with Gasteiger partial charge in [-0.2, -0.15) is 5.10 Å². The molecule has 0 spiro atoms. The molecular formula is C10H11N3O2. The first-order valence-corrected chi connectivity index (χ1v) is 4.52. The van der Waals surface area contributed by atoms with E-state index < -0.39 is 0 Å². The van der Waals surface area contributed by atoms with Gasteiger partial charge < -0.3 is 4.74 Å². The van der Waals surface area contributed by atoms with Crippen molar-refractivity contribution in [2.75, 3.05) is 7.11 Å². The molecule has 0 saturated carbocycles. The number of H-pyrrole nitrogens is 1. The Morgan fingerprint density at radius 2 is 2.13 bits per heavy atom. The highest BCUT2D eigenvalue weighted by atomic mass is 16.5. The maximum Gasteiger partial charge on any atom is 0.343 e. The van der Waals surface area contributed by atoms with Gasteiger partial charge in [0.25, 0.3) is 0 Å². The van der Waals surface area contributed by atoms with Gasteiger partial charge in [0.1, 0.15) is 12.1 Å². The van der Waals surface area contributed by atoms with E-state index in [9.17, 15) is 4.79 Å². The molecule has 0 unspecified atom stereocenters. The minimum atomic E-state index is -0.203. The van der Waals surface area contributed by atoms with Gasteiger partial charge >= 0.3 is 5.69 Å². The van der Waals surface area contributed by atoms with E-state index in [1.807, 2.05) is 24.3 Å². The highest BCUT2D eigenvalue weighted by Gasteiger charge is 1.99. The molecule has 0 radical (unpaired) electrons. The highest BCUT2D eigenvalue weighted by Crippen LogP contribution is 2.11. The van der Waals surface area contributed by atoms with Crippen LogP contribution >= 0.6 is 0 Å². The maximum atomic E-state index is 11.2. The number of nitrogens with one attached hydrogen (secondary N) is 1. The lowest BCUT2D eigenvalue weighted by molar-refractivity contribution is 0.414. The Hall–Kier alpha value is -2.04. The second kappa shape index (κ2) is 4.00. The van der Waals surface area contributed by atoms with Crippen LogP contribution in [0.5, 0.6) is 5.75 Å². The van der Waals surface area contributed by atoms with Crippen molar-refractivity contribution in [3.05, 3.63) is 46.6 Å². The summed E-state index contributed by atoms with van der Waals surface area (Å²) < 4.78 is 6.54. The van der Waals surface area contributed by atoms with E-state index >= 15 is 0 Å². The van der Waals surface area contributed by atoms with Gasteiger partial charge in [0, 0.05) is 0 Å². The number of hydrogen-bond donors (Lipinski definition) is 1. The largest absolute Gasteiger partial charge is 0.497 e. The molecule has 15 heavy (non-hydrogen) atoms. The van der Waals surface area contributed by atoms with Crippen molar-refractivity contribution in [2.45, 2.75) is 6.54 Å². The van der Waals surface area contributed by atoms with Gasteiger partial charge in [0.05, 0.1) is 13.7 Å². The van der Waals surface area contributed by atoms with Crippen molar-refractivity contribution in [3.8, 4) is 5.75 Å². The summed E-state index contributed by atoms with van der Waals surface area (Å²) >= 11 is 0. The van der Waals surface area contributed by atoms with Crippen molar-refractivity contribution in [3.63, 3.8) is 0 Å². The number of rotatable bonds is 3. The predicted molar refractivity (Wildman–Crippen MR) is 54.9 cm³/mol. The Morgan fingerprint density at radius 3 is 2.67 bits per heavy atom. The van der Waals surface area contributed by atoms with E-state index in [0.717, 1.165) is 11.3 Å². The molecule has 1 heterocycles. The predicted octanol–water partition coefficient (Wildman–Crippen LogP) is 0.628. The highest BCUT2D eigenvalue weighted by molar-refractivity contribution is 5.27. The molecule has 5 heteroatoms. The molecular weight excluding hydrogens is 194 g/mol. The molecule has 78 valence electrons. The van der Waals surface area contributed by atoms with Crippen molar-refractivity contribution in [1.82, 2.24) is 14.8 Å². The average Bonchev–Trinajstić information content (AvgIpc) is 2.66. The number of aromatic nitrogens is 3. The van der Waals surface area contributed by atoms with Crippen LogP contribution in [0.1, 0.15) is 5.56 Å². The Balaban J connectivity index is 2.18. The zero-order chi connectivity index (χ0) is 10.7. The lowest BCUT2D eigenvalue weighted by atomic mass is 10.2. The maximum absolute atomic E-state index is 11.2. The first kappa shape index (κ1) is 9.51. The zero-order valence-corrected chi connectivity index (χ0v) is 8.30. The normalized spacial score (nSPS) is 10.2. The quantitative estimate of drug-likeness (QED) is 0.799. The molecule has 0 amide bonds. The molecule has 2 aromatic rings. The first-order chi connectivity index (χ1) is 7.29. The van der Waals surface area contributed by atoms with Crippen molar-refractivity contribution >= 4 is 0 Å². The summed E-state index contributed by atoms with van der Waals surface area (Å²) in [5.74, 6) is 0.804. The van der Waals surface area contributed by atoms with Crippen LogP contribution in [0.15, 0.2) is 35.4 Å². The molecule has 0 saturated heterocycles. The van der Waals surface area contributed by atoms with Gasteiger partial charge in [0.2, 0.25) is 0 Å². The van der Waals surface area contributed by atoms with Crippen LogP contribution in [0.4, 0.5) is 0 Å². The van der Waals surface area contributed by atoms with Gasteiger partial charge in [-0.1, -0.05) is 12.1 Å². The molecule has 0 fully saturated rings. The van der Waals surface area contributed by atoms with Crippen LogP contribution in [0.3, 0.4) is 0 Å². The van der Waals surface area contributed by atoms with Crippen LogP contribution in [-0.4, -0.2) is 21.9 Å². The lowest BCUT2D eigenvalue weighted by Crippen LogP contribution is -2.16. The number of benzene rings is 1. The Bertz CT molecular complexity index is 484. The van der Waals surface area contributed by atoms with Crippen molar-refractivity contribution in [2.24, 2.45) is 0 Å². The molecule has 0 bridgehead atoms. The van der Waals surface area contributed by atoms with E-state index in [4.69, 9.17) is 4.74 Å². The minimum Gasteiger partial charge on any atom is -0.497 e. The van der Waals surface area contributed by atoms with E-state index in [1.54, 1.807) is 7.11 Å². The molecule has 5 nitrogen and oxygen atoms in total. The topological polar surface area (TPSA) is 59.9 Å². The number of nitrogens with zero attached hydrogens (tertiary/aromatic N) is 2. The number of aromatic amines is 1. The van der Waals surface area contributed by atoms with Gasteiger partial charge in [-0.25, -0.2) is 9.89 Å². The zero-order valence-electron chi connectivity index (χ0n) is 8.30. The SMILES string of the molecule is COc1ccc(Cn2cn[nH]c2=O)cc1. The average molecular weight is 205 g/mol. The third kappa shape index (κ3) is 2.07. The third-order valence-corrected chi connectivity index (χ3v) is 2.13. The second-order valence-electron chi connectivity index (χ2n) is 3.14. The monoisotopic (exact) mass is 205 g/mol. The molecule has 0 aliphatic heterocycles. The molecule has 1 N–H and O–H groups in total. The summed E-state index contributed by atoms with van der Waals surface area (Å²) in [5, 5.41) is 6.00. The number of ether oxygens (including phenoxy) is 1. The molecule has 0 atom stereocenters. The molecule has 1 aromatic carbocycles. The molecule has 0 aliphatic carbocycles. The van der Waals surface area contributed by atoms with Gasteiger partial charge in [-0.15, -0.1) is 0 Å². The standard InChI is InChI=1S/C10H11N3O2/c1-15-9-4-2-8(3-5-9)6-13-7-11-12-10(13)14/h2-5,7H,6H2,1H3,(H,12,14). The van der Waals surface area contributed by atoms with Crippen LogP contribution in [-0.2, 0) is 6.54 Å². The summed E-state index contributed by atoms with van der Waals surface area (Å²) in [5.41, 5.74) is 0.824. The molecule has 1 aromatic heterocycles. The van der Waals surface area contributed by atoms with Crippen LogP contribution in [0.25, 0.3) is 0 Å². The minimum absolute atomic E-state index is 0.203. The first-order valence-electron chi connectivity index (χ1n) is 4.52. The fourth-order valence-electron chi connectivity index (χ4n) is 1.31. The van der Waals surface area contributed by atoms with E-state index in [0.29, 0.717) is 6.54 Å². The molecule has 0 aliphatic rings. The van der Waals surface area contributed by atoms with Gasteiger partial charge in [0.15, 0.2) is 0 Å². The lowest BCUT2D eigenvalue weighted by Gasteiger charge is -2.02. The van der Waals surface area contributed by atoms with Crippen molar-refractivity contribution in [1.29, 1.82) is 0 Å². The summed E-state index contributed by atoms with van der Waals surface area (Å²) in [6.45, 7) is 0.513. The van der Waals surface area contributed by atoms with E-state index in [-0.39, 0.29) is 5.69 Å². The van der Waals surface area contributed by atoms with Crippen molar-refractivity contribution < 1.29 is 4.74 Å². The summed E-state index contributed by atoms with van der Waals surface area (Å²) in [6.07, 6.45) is 1.48. The Labute approximate surface area is 86.3 Å². The smallest absolute Gasteiger partial charge is 0.343 e. The van der Waals surface area contributed by atoms with E-state index in [2.05, 4.69) is 10.2 Å². The van der Waals surface area contributed by atoms with Gasteiger partial charge in [-0.3, -0.25) is 4.57 Å². The summed E-state index contributed by atoms with van der Waals surface area (Å²) in [7, 11) is 1.62.